The molecule has 0 saturated heterocycles. The first kappa shape index (κ1) is 20.0. The van der Waals surface area contributed by atoms with E-state index in [1.165, 1.54) is 36.1 Å². The van der Waals surface area contributed by atoms with Crippen molar-refractivity contribution in [2.45, 2.75) is 26.4 Å². The molecule has 1 unspecified atom stereocenters. The Morgan fingerprint density at radius 3 is 2.66 bits per heavy atom. The Morgan fingerprint density at radius 1 is 1.24 bits per heavy atom. The Balaban J connectivity index is 1.86. The van der Waals surface area contributed by atoms with Gasteiger partial charge in [0.2, 0.25) is 5.91 Å². The second-order valence-electron chi connectivity index (χ2n) is 6.53. The summed E-state index contributed by atoms with van der Waals surface area (Å²) in [6.07, 6.45) is -0.397. The molecule has 2 aromatic carbocycles. The quantitative estimate of drug-likeness (QED) is 0.455. The predicted octanol–water partition coefficient (Wildman–Crippen LogP) is 2.94. The first-order valence-electron chi connectivity index (χ1n) is 8.97. The number of ether oxygens (including phenoxy) is 1. The second kappa shape index (κ2) is 8.09. The van der Waals surface area contributed by atoms with E-state index in [9.17, 15) is 24.5 Å². The van der Waals surface area contributed by atoms with Crippen LogP contribution >= 0.6 is 0 Å². The molecule has 150 valence electrons. The summed E-state index contributed by atoms with van der Waals surface area (Å²) in [5.41, 5.74) is 0.809. The molecule has 0 bridgehead atoms. The Labute approximate surface area is 166 Å². The van der Waals surface area contributed by atoms with Gasteiger partial charge in [-0.15, -0.1) is 0 Å². The summed E-state index contributed by atoms with van der Waals surface area (Å²) in [7, 11) is 0. The first-order valence-corrected chi connectivity index (χ1v) is 8.97. The number of ketones is 1. The van der Waals surface area contributed by atoms with E-state index in [1.54, 1.807) is 25.1 Å². The minimum Gasteiger partial charge on any atom is -0.478 e. The minimum atomic E-state index is -0.780. The lowest BCUT2D eigenvalue weighted by Gasteiger charge is -2.33. The van der Waals surface area contributed by atoms with E-state index in [0.29, 0.717) is 23.4 Å². The van der Waals surface area contributed by atoms with E-state index in [2.05, 4.69) is 5.32 Å². The largest absolute Gasteiger partial charge is 0.478 e. The molecule has 2 aromatic rings. The molecular weight excluding hydrogens is 378 g/mol. The standard InChI is InChI=1S/C20H19N3O6/c1-3-17-20(26)22(16-10-15(23(27)28)7-8-18(16)29-17)11-19(25)21-14-6-4-5-13(9-14)12(2)24/h4-10,17H,3,11H2,1-2H3,(H,21,25). The van der Waals surface area contributed by atoms with E-state index in [0.717, 1.165) is 0 Å². The summed E-state index contributed by atoms with van der Waals surface area (Å²) in [5, 5.41) is 13.7. The maximum atomic E-state index is 12.7. The van der Waals surface area contributed by atoms with E-state index >= 15 is 0 Å². The van der Waals surface area contributed by atoms with E-state index < -0.39 is 22.8 Å². The fourth-order valence-electron chi connectivity index (χ4n) is 3.01. The van der Waals surface area contributed by atoms with Gasteiger partial charge in [-0.05, 0) is 31.5 Å². The second-order valence-corrected chi connectivity index (χ2v) is 6.53. The van der Waals surface area contributed by atoms with Crippen molar-refractivity contribution in [3.8, 4) is 5.75 Å². The molecule has 0 saturated carbocycles. The molecule has 0 aromatic heterocycles. The third-order valence-electron chi connectivity index (χ3n) is 4.48. The number of nitro benzene ring substituents is 1. The molecule has 0 aliphatic carbocycles. The Bertz CT molecular complexity index is 1000. The number of anilines is 2. The van der Waals surface area contributed by atoms with Crippen LogP contribution in [0.5, 0.6) is 5.75 Å². The average Bonchev–Trinajstić information content (AvgIpc) is 2.69. The van der Waals surface area contributed by atoms with Crippen LogP contribution < -0.4 is 15.0 Å². The zero-order valence-corrected chi connectivity index (χ0v) is 15.9. The Kier molecular flexibility index (Phi) is 5.58. The molecule has 1 atom stereocenters. The molecule has 0 spiro atoms. The zero-order chi connectivity index (χ0) is 21.1. The van der Waals surface area contributed by atoms with Crippen LogP contribution in [-0.4, -0.2) is 35.2 Å². The van der Waals surface area contributed by atoms with Crippen molar-refractivity contribution in [3.63, 3.8) is 0 Å². The highest BCUT2D eigenvalue weighted by atomic mass is 16.6. The fourth-order valence-corrected chi connectivity index (χ4v) is 3.01. The highest BCUT2D eigenvalue weighted by Crippen LogP contribution is 2.37. The van der Waals surface area contributed by atoms with Crippen LogP contribution in [0.15, 0.2) is 42.5 Å². The number of benzene rings is 2. The smallest absolute Gasteiger partial charge is 0.271 e. The number of nitrogens with zero attached hydrogens (tertiary/aromatic N) is 2. The van der Waals surface area contributed by atoms with Crippen molar-refractivity contribution in [1.29, 1.82) is 0 Å². The molecular formula is C20H19N3O6. The van der Waals surface area contributed by atoms with Gasteiger partial charge in [-0.3, -0.25) is 29.4 Å². The van der Waals surface area contributed by atoms with Gasteiger partial charge in [-0.25, -0.2) is 0 Å². The number of hydrogen-bond donors (Lipinski definition) is 1. The van der Waals surface area contributed by atoms with Crippen LogP contribution in [0.4, 0.5) is 17.1 Å². The maximum absolute atomic E-state index is 12.7. The maximum Gasteiger partial charge on any atom is 0.271 e. The molecule has 3 rings (SSSR count). The number of amides is 2. The number of nitrogens with one attached hydrogen (secondary N) is 1. The third kappa shape index (κ3) is 4.23. The van der Waals surface area contributed by atoms with Crippen molar-refractivity contribution >= 4 is 34.7 Å². The highest BCUT2D eigenvalue weighted by Gasteiger charge is 2.35. The van der Waals surface area contributed by atoms with Crippen LogP contribution in [0, 0.1) is 10.1 Å². The summed E-state index contributed by atoms with van der Waals surface area (Å²) >= 11 is 0. The third-order valence-corrected chi connectivity index (χ3v) is 4.48. The van der Waals surface area contributed by atoms with Crippen molar-refractivity contribution in [1.82, 2.24) is 0 Å². The molecule has 2 amide bonds. The van der Waals surface area contributed by atoms with E-state index in [4.69, 9.17) is 4.74 Å². The predicted molar refractivity (Wildman–Crippen MR) is 105 cm³/mol. The average molecular weight is 397 g/mol. The van der Waals surface area contributed by atoms with Crippen molar-refractivity contribution in [2.24, 2.45) is 0 Å². The number of non-ortho nitro benzene ring substituents is 1. The first-order chi connectivity index (χ1) is 13.8. The molecule has 0 fully saturated rings. The number of fused-ring (bicyclic) bond motifs is 1. The van der Waals surface area contributed by atoms with Gasteiger partial charge in [0.1, 0.15) is 12.3 Å². The molecule has 29 heavy (non-hydrogen) atoms. The molecule has 9 nitrogen and oxygen atoms in total. The Morgan fingerprint density at radius 2 is 2.00 bits per heavy atom. The SMILES string of the molecule is CCC1Oc2ccc([N+](=O)[O-])cc2N(CC(=O)Nc2cccc(C(C)=O)c2)C1=O. The van der Waals surface area contributed by atoms with Gasteiger partial charge in [-0.2, -0.15) is 0 Å². The van der Waals surface area contributed by atoms with Gasteiger partial charge in [0, 0.05) is 23.4 Å². The Hall–Kier alpha value is -3.75. The fraction of sp³-hybridized carbons (Fsp3) is 0.250. The number of rotatable bonds is 6. The van der Waals surface area contributed by atoms with Crippen molar-refractivity contribution < 1.29 is 24.0 Å². The van der Waals surface area contributed by atoms with Gasteiger partial charge in [-0.1, -0.05) is 19.1 Å². The lowest BCUT2D eigenvalue weighted by Crippen LogP contribution is -2.48. The minimum absolute atomic E-state index is 0.142. The normalized spacial score (nSPS) is 15.3. The van der Waals surface area contributed by atoms with Crippen molar-refractivity contribution in [3.05, 3.63) is 58.1 Å². The summed E-state index contributed by atoms with van der Waals surface area (Å²) in [5.74, 6) is -0.800. The summed E-state index contributed by atoms with van der Waals surface area (Å²) < 4.78 is 5.62. The number of Topliss-reactive ketones (excluding diaryl/α,β-unsaturated/α-hetero) is 1. The van der Waals surface area contributed by atoms with Crippen LogP contribution in [0.2, 0.25) is 0 Å². The van der Waals surface area contributed by atoms with Gasteiger partial charge in [0.15, 0.2) is 11.9 Å². The molecule has 1 N–H and O–H groups in total. The van der Waals surface area contributed by atoms with Gasteiger partial charge >= 0.3 is 0 Å². The number of carbonyl (C=O) groups excluding carboxylic acids is 3. The monoisotopic (exact) mass is 397 g/mol. The van der Waals surface area contributed by atoms with Crippen molar-refractivity contribution in [2.75, 3.05) is 16.8 Å². The molecule has 0 radical (unpaired) electrons. The van der Waals surface area contributed by atoms with E-state index in [-0.39, 0.29) is 23.7 Å². The molecule has 9 heteroatoms. The van der Waals surface area contributed by atoms with Gasteiger partial charge in [0.05, 0.1) is 10.6 Å². The number of carbonyl (C=O) groups is 3. The summed E-state index contributed by atoms with van der Waals surface area (Å²) in [6, 6.07) is 10.3. The lowest BCUT2D eigenvalue weighted by molar-refractivity contribution is -0.384. The number of nitro groups is 1. The van der Waals surface area contributed by atoms with Crippen LogP contribution in [-0.2, 0) is 9.59 Å². The van der Waals surface area contributed by atoms with Crippen LogP contribution in [0.3, 0.4) is 0 Å². The highest BCUT2D eigenvalue weighted by molar-refractivity contribution is 6.06. The van der Waals surface area contributed by atoms with E-state index in [1.807, 2.05) is 0 Å². The topological polar surface area (TPSA) is 119 Å². The lowest BCUT2D eigenvalue weighted by atomic mass is 10.1. The van der Waals surface area contributed by atoms with Gasteiger partial charge in [0.25, 0.3) is 11.6 Å². The van der Waals surface area contributed by atoms with Gasteiger partial charge < -0.3 is 10.1 Å². The summed E-state index contributed by atoms with van der Waals surface area (Å²) in [4.78, 5) is 48.5. The summed E-state index contributed by atoms with van der Waals surface area (Å²) in [6.45, 7) is 2.84. The van der Waals surface area contributed by atoms with Crippen LogP contribution in [0.1, 0.15) is 30.6 Å². The van der Waals surface area contributed by atoms with Crippen LogP contribution in [0.25, 0.3) is 0 Å². The zero-order valence-electron chi connectivity index (χ0n) is 15.9. The molecule has 1 aliphatic rings. The molecule has 1 heterocycles. The number of hydrogen-bond acceptors (Lipinski definition) is 6. The molecule has 1 aliphatic heterocycles.